The number of tetrazole rings is 1. The van der Waals surface area contributed by atoms with E-state index in [1.807, 2.05) is 12.4 Å². The number of nitrogens with zero attached hydrogens (tertiary/aromatic N) is 6. The minimum Gasteiger partial charge on any atom is -0.494 e. The lowest BCUT2D eigenvalue weighted by Gasteiger charge is -2.08. The van der Waals surface area contributed by atoms with Crippen molar-refractivity contribution in [1.29, 1.82) is 5.26 Å². The zero-order valence-corrected chi connectivity index (χ0v) is 11.6. The lowest BCUT2D eigenvalue weighted by atomic mass is 10.2. The second kappa shape index (κ2) is 6.53. The van der Waals surface area contributed by atoms with E-state index in [4.69, 9.17) is 10.00 Å². The van der Waals surface area contributed by atoms with Crippen LogP contribution in [0.15, 0.2) is 29.5 Å². The molecule has 0 aliphatic carbocycles. The molecule has 0 amide bonds. The van der Waals surface area contributed by atoms with Crippen molar-refractivity contribution in [3.63, 3.8) is 0 Å². The van der Waals surface area contributed by atoms with Gasteiger partial charge < -0.3 is 4.74 Å². The van der Waals surface area contributed by atoms with E-state index in [9.17, 15) is 0 Å². The average molecular weight is 289 g/mol. The molecule has 1 heterocycles. The number of hydrogen-bond donors (Lipinski definition) is 1. The molecule has 9 heteroatoms. The topological polar surface area (TPSA) is 101 Å². The quantitative estimate of drug-likeness (QED) is 0.390. The first kappa shape index (κ1) is 13.8. The van der Waals surface area contributed by atoms with Gasteiger partial charge in [0.15, 0.2) is 11.4 Å². The summed E-state index contributed by atoms with van der Waals surface area (Å²) in [5.41, 5.74) is 1.36. The number of benzene rings is 1. The summed E-state index contributed by atoms with van der Waals surface area (Å²) in [7, 11) is 1.56. The van der Waals surface area contributed by atoms with E-state index >= 15 is 0 Å². The molecule has 8 nitrogen and oxygen atoms in total. The molecular weight excluding hydrogens is 278 g/mol. The van der Waals surface area contributed by atoms with Crippen molar-refractivity contribution in [2.24, 2.45) is 4.99 Å². The van der Waals surface area contributed by atoms with Crippen LogP contribution >= 0.6 is 11.8 Å². The number of aliphatic imine (C=N–C) groups is 1. The van der Waals surface area contributed by atoms with Gasteiger partial charge in [-0.2, -0.15) is 9.94 Å². The monoisotopic (exact) mass is 289 g/mol. The first-order valence-corrected chi connectivity index (χ1v) is 6.70. The molecule has 0 spiro atoms. The normalized spacial score (nSPS) is 10.9. The van der Waals surface area contributed by atoms with E-state index in [2.05, 4.69) is 25.8 Å². The van der Waals surface area contributed by atoms with Gasteiger partial charge in [0.25, 0.3) is 0 Å². The van der Waals surface area contributed by atoms with E-state index < -0.39 is 0 Å². The molecule has 0 aliphatic heterocycles. The molecule has 1 aromatic carbocycles. The Hall–Kier alpha value is -2.60. The van der Waals surface area contributed by atoms with Gasteiger partial charge in [0.05, 0.1) is 12.8 Å². The first-order valence-electron chi connectivity index (χ1n) is 5.47. The second-order valence-electron chi connectivity index (χ2n) is 3.47. The summed E-state index contributed by atoms with van der Waals surface area (Å²) in [5.74, 6) is 0.580. The number of methoxy groups -OCH3 is 1. The first-order chi connectivity index (χ1) is 9.78. The molecule has 2 rings (SSSR count). The van der Waals surface area contributed by atoms with Crippen LogP contribution < -0.4 is 10.1 Å². The van der Waals surface area contributed by atoms with Crippen LogP contribution in [-0.2, 0) is 0 Å². The molecule has 0 radical (unpaired) electrons. The highest BCUT2D eigenvalue weighted by molar-refractivity contribution is 8.13. The van der Waals surface area contributed by atoms with Crippen molar-refractivity contribution < 1.29 is 4.74 Å². The summed E-state index contributed by atoms with van der Waals surface area (Å²) in [5, 5.41) is 22.6. The fourth-order valence-corrected chi connectivity index (χ4v) is 1.83. The molecule has 0 aliphatic rings. The van der Waals surface area contributed by atoms with Gasteiger partial charge in [0.2, 0.25) is 0 Å². The highest BCUT2D eigenvalue weighted by atomic mass is 32.2. The van der Waals surface area contributed by atoms with Crippen LogP contribution in [0.2, 0.25) is 0 Å². The van der Waals surface area contributed by atoms with Gasteiger partial charge in [-0.25, -0.2) is 4.99 Å². The minimum atomic E-state index is 0.504. The Bertz CT molecular complexity index is 647. The Labute approximate surface area is 119 Å². The fraction of sp³-hybridized carbons (Fsp3) is 0.182. The number of rotatable bonds is 3. The van der Waals surface area contributed by atoms with Crippen molar-refractivity contribution in [2.45, 2.75) is 0 Å². The Morgan fingerprint density at radius 1 is 1.55 bits per heavy atom. The lowest BCUT2D eigenvalue weighted by Crippen LogP contribution is -2.12. The molecule has 0 bridgehead atoms. The largest absolute Gasteiger partial charge is 0.494 e. The SMILES string of the molecule is COc1cc(N=C(NC#N)SC)ccc1-n1cnnn1. The Balaban J connectivity index is 2.37. The number of ether oxygens (including phenoxy) is 1. The molecule has 102 valence electrons. The van der Waals surface area contributed by atoms with E-state index in [0.29, 0.717) is 22.3 Å². The molecule has 20 heavy (non-hydrogen) atoms. The van der Waals surface area contributed by atoms with Gasteiger partial charge in [-0.15, -0.1) is 5.10 Å². The predicted octanol–water partition coefficient (Wildman–Crippen LogP) is 1.09. The fourth-order valence-electron chi connectivity index (χ4n) is 1.49. The van der Waals surface area contributed by atoms with Crippen molar-refractivity contribution in [3.8, 4) is 17.6 Å². The van der Waals surface area contributed by atoms with Crippen LogP contribution in [0.5, 0.6) is 5.75 Å². The molecule has 1 N–H and O–H groups in total. The number of amidine groups is 1. The molecule has 0 fully saturated rings. The van der Waals surface area contributed by atoms with Gasteiger partial charge in [0, 0.05) is 6.07 Å². The number of nitrogens with one attached hydrogen (secondary N) is 1. The number of thioether (sulfide) groups is 1. The van der Waals surface area contributed by atoms with Crippen LogP contribution in [-0.4, -0.2) is 38.7 Å². The summed E-state index contributed by atoms with van der Waals surface area (Å²) >= 11 is 1.34. The third-order valence-corrected chi connectivity index (χ3v) is 2.93. The van der Waals surface area contributed by atoms with Crippen molar-refractivity contribution in [3.05, 3.63) is 24.5 Å². The van der Waals surface area contributed by atoms with Crippen LogP contribution in [0.25, 0.3) is 5.69 Å². The number of hydrogen-bond acceptors (Lipinski definition) is 7. The molecule has 2 aromatic rings. The molecule has 0 unspecified atom stereocenters. The van der Waals surface area contributed by atoms with Gasteiger partial charge in [-0.1, -0.05) is 11.8 Å². The third kappa shape index (κ3) is 3.04. The average Bonchev–Trinajstić information content (AvgIpc) is 3.00. The highest BCUT2D eigenvalue weighted by Crippen LogP contribution is 2.27. The maximum absolute atomic E-state index is 8.61. The molecule has 0 saturated carbocycles. The summed E-state index contributed by atoms with van der Waals surface area (Å²) in [4.78, 5) is 4.30. The van der Waals surface area contributed by atoms with E-state index in [-0.39, 0.29) is 0 Å². The summed E-state index contributed by atoms with van der Waals surface area (Å²) in [6, 6.07) is 5.32. The van der Waals surface area contributed by atoms with Crippen LogP contribution in [0.4, 0.5) is 5.69 Å². The predicted molar refractivity (Wildman–Crippen MR) is 75.1 cm³/mol. The van der Waals surface area contributed by atoms with Crippen molar-refractivity contribution >= 4 is 22.6 Å². The smallest absolute Gasteiger partial charge is 0.183 e. The van der Waals surface area contributed by atoms with Gasteiger partial charge in [0.1, 0.15) is 17.8 Å². The number of nitriles is 1. The van der Waals surface area contributed by atoms with E-state index in [1.165, 1.54) is 22.8 Å². The maximum Gasteiger partial charge on any atom is 0.183 e. The standard InChI is InChI=1S/C11H11N7OS/c1-19-10-5-8(15-11(20-2)13-6-12)3-4-9(10)18-7-14-16-17-18/h3-5,7H,1-2H3,(H,13,15). The van der Waals surface area contributed by atoms with Gasteiger partial charge >= 0.3 is 0 Å². The van der Waals surface area contributed by atoms with Gasteiger partial charge in [-0.05, 0) is 28.8 Å². The zero-order valence-electron chi connectivity index (χ0n) is 10.8. The van der Waals surface area contributed by atoms with Crippen LogP contribution in [0, 0.1) is 11.5 Å². The molecule has 0 saturated heterocycles. The highest BCUT2D eigenvalue weighted by Gasteiger charge is 2.08. The summed E-state index contributed by atoms with van der Waals surface area (Å²) in [6.45, 7) is 0. The minimum absolute atomic E-state index is 0.504. The lowest BCUT2D eigenvalue weighted by molar-refractivity contribution is 0.411. The van der Waals surface area contributed by atoms with Gasteiger partial charge in [-0.3, -0.25) is 5.32 Å². The Morgan fingerprint density at radius 3 is 3.00 bits per heavy atom. The van der Waals surface area contributed by atoms with E-state index in [1.54, 1.807) is 25.3 Å². The third-order valence-electron chi connectivity index (χ3n) is 2.35. The Morgan fingerprint density at radius 2 is 2.40 bits per heavy atom. The van der Waals surface area contributed by atoms with Crippen LogP contribution in [0.3, 0.4) is 0 Å². The zero-order chi connectivity index (χ0) is 14.4. The summed E-state index contributed by atoms with van der Waals surface area (Å²) < 4.78 is 6.80. The molecule has 1 aromatic heterocycles. The maximum atomic E-state index is 8.61. The number of aromatic nitrogens is 4. The van der Waals surface area contributed by atoms with E-state index in [0.717, 1.165) is 0 Å². The molecule has 0 atom stereocenters. The summed E-state index contributed by atoms with van der Waals surface area (Å²) in [6.07, 6.45) is 5.14. The molecular formula is C11H11N7OS. The second-order valence-corrected chi connectivity index (χ2v) is 4.26. The van der Waals surface area contributed by atoms with Crippen LogP contribution in [0.1, 0.15) is 0 Å². The van der Waals surface area contributed by atoms with Crippen molar-refractivity contribution in [1.82, 2.24) is 25.5 Å². The van der Waals surface area contributed by atoms with Crippen molar-refractivity contribution in [2.75, 3.05) is 13.4 Å². The Kier molecular flexibility index (Phi) is 4.52.